The van der Waals surface area contributed by atoms with Crippen LogP contribution >= 0.6 is 0 Å². The van der Waals surface area contributed by atoms with Crippen molar-refractivity contribution < 1.29 is 0 Å². The molecule has 5 nitrogen and oxygen atoms in total. The zero-order valence-corrected chi connectivity index (χ0v) is 13.6. The highest BCUT2D eigenvalue weighted by molar-refractivity contribution is 5.60. The number of hydrogen-bond acceptors (Lipinski definition) is 5. The molecule has 0 radical (unpaired) electrons. The van der Waals surface area contributed by atoms with Crippen molar-refractivity contribution in [2.75, 3.05) is 23.3 Å². The summed E-state index contributed by atoms with van der Waals surface area (Å²) in [4.78, 5) is 11.4. The zero-order chi connectivity index (χ0) is 16.2. The molecule has 2 heterocycles. The van der Waals surface area contributed by atoms with E-state index in [2.05, 4.69) is 33.2 Å². The SMILES string of the molecule is Cc1nc(Nc2ccc(C#N)cc2)cc(N2CCCC(C)C2)n1. The average Bonchev–Trinajstić information content (AvgIpc) is 2.55. The van der Waals surface area contributed by atoms with Gasteiger partial charge in [0.2, 0.25) is 0 Å². The molecule has 1 atom stereocenters. The van der Waals surface area contributed by atoms with E-state index in [1.807, 2.05) is 25.1 Å². The van der Waals surface area contributed by atoms with Gasteiger partial charge in [-0.2, -0.15) is 5.26 Å². The number of nitrogens with zero attached hydrogens (tertiary/aromatic N) is 4. The van der Waals surface area contributed by atoms with Gasteiger partial charge in [-0.25, -0.2) is 9.97 Å². The molecule has 1 aliphatic heterocycles. The van der Waals surface area contributed by atoms with Crippen LogP contribution in [0.15, 0.2) is 30.3 Å². The molecule has 0 spiro atoms. The van der Waals surface area contributed by atoms with E-state index in [1.165, 1.54) is 12.8 Å². The number of piperidine rings is 1. The van der Waals surface area contributed by atoms with E-state index >= 15 is 0 Å². The van der Waals surface area contributed by atoms with E-state index < -0.39 is 0 Å². The highest BCUT2D eigenvalue weighted by atomic mass is 15.2. The Morgan fingerprint density at radius 2 is 2.04 bits per heavy atom. The summed E-state index contributed by atoms with van der Waals surface area (Å²) in [6.45, 7) is 6.31. The average molecular weight is 307 g/mol. The van der Waals surface area contributed by atoms with Crippen LogP contribution in [0, 0.1) is 24.2 Å². The molecule has 0 bridgehead atoms. The number of nitriles is 1. The van der Waals surface area contributed by atoms with Crippen LogP contribution in [-0.2, 0) is 0 Å². The molecule has 1 unspecified atom stereocenters. The summed E-state index contributed by atoms with van der Waals surface area (Å²) in [6, 6.07) is 11.5. The molecule has 0 saturated carbocycles. The molecule has 1 saturated heterocycles. The smallest absolute Gasteiger partial charge is 0.136 e. The summed E-state index contributed by atoms with van der Waals surface area (Å²) in [5.41, 5.74) is 1.57. The second kappa shape index (κ2) is 6.66. The first kappa shape index (κ1) is 15.3. The van der Waals surface area contributed by atoms with Gasteiger partial charge < -0.3 is 10.2 Å². The van der Waals surface area contributed by atoms with Gasteiger partial charge in [0.05, 0.1) is 11.6 Å². The van der Waals surface area contributed by atoms with Crippen molar-refractivity contribution in [2.24, 2.45) is 5.92 Å². The third kappa shape index (κ3) is 3.78. The van der Waals surface area contributed by atoms with Crippen molar-refractivity contribution >= 4 is 17.3 Å². The Bertz CT molecular complexity index is 717. The largest absolute Gasteiger partial charge is 0.356 e. The number of aryl methyl sites for hydroxylation is 1. The van der Waals surface area contributed by atoms with Gasteiger partial charge in [-0.15, -0.1) is 0 Å². The van der Waals surface area contributed by atoms with Crippen LogP contribution < -0.4 is 10.2 Å². The standard InChI is InChI=1S/C18H21N5/c1-13-4-3-9-23(12-13)18-10-17(20-14(2)21-18)22-16-7-5-15(11-19)6-8-16/h5-8,10,13H,3-4,9,12H2,1-2H3,(H,20,21,22). The van der Waals surface area contributed by atoms with E-state index in [9.17, 15) is 0 Å². The van der Waals surface area contributed by atoms with Crippen molar-refractivity contribution in [3.63, 3.8) is 0 Å². The number of nitrogens with one attached hydrogen (secondary N) is 1. The van der Waals surface area contributed by atoms with Crippen LogP contribution in [0.1, 0.15) is 31.2 Å². The molecule has 0 aliphatic carbocycles. The number of anilines is 3. The maximum absolute atomic E-state index is 8.86. The Hall–Kier alpha value is -2.61. The van der Waals surface area contributed by atoms with Crippen molar-refractivity contribution in [1.82, 2.24) is 9.97 Å². The van der Waals surface area contributed by atoms with Gasteiger partial charge in [0, 0.05) is 24.8 Å². The molecule has 0 amide bonds. The molecule has 1 aromatic heterocycles. The summed E-state index contributed by atoms with van der Waals surface area (Å²) in [5.74, 6) is 3.24. The van der Waals surface area contributed by atoms with Crippen LogP contribution in [0.5, 0.6) is 0 Å². The lowest BCUT2D eigenvalue weighted by molar-refractivity contribution is 0.444. The Kier molecular flexibility index (Phi) is 4.42. The highest BCUT2D eigenvalue weighted by Gasteiger charge is 2.18. The minimum atomic E-state index is 0.650. The molecular weight excluding hydrogens is 286 g/mol. The second-order valence-corrected chi connectivity index (χ2v) is 6.17. The summed E-state index contributed by atoms with van der Waals surface area (Å²) >= 11 is 0. The van der Waals surface area contributed by atoms with E-state index in [1.54, 1.807) is 12.1 Å². The predicted molar refractivity (Wildman–Crippen MR) is 91.8 cm³/mol. The van der Waals surface area contributed by atoms with Crippen LogP contribution in [-0.4, -0.2) is 23.1 Å². The topological polar surface area (TPSA) is 64.8 Å². The quantitative estimate of drug-likeness (QED) is 0.938. The lowest BCUT2D eigenvalue weighted by atomic mass is 10.0. The predicted octanol–water partition coefficient (Wildman–Crippen LogP) is 3.64. The first-order valence-corrected chi connectivity index (χ1v) is 8.02. The fourth-order valence-corrected chi connectivity index (χ4v) is 2.95. The van der Waals surface area contributed by atoms with Gasteiger partial charge in [0.1, 0.15) is 17.5 Å². The van der Waals surface area contributed by atoms with Crippen molar-refractivity contribution in [3.05, 3.63) is 41.7 Å². The van der Waals surface area contributed by atoms with Gasteiger partial charge in [-0.3, -0.25) is 0 Å². The molecule has 5 heteroatoms. The van der Waals surface area contributed by atoms with Crippen molar-refractivity contribution in [3.8, 4) is 6.07 Å². The molecule has 1 aromatic carbocycles. The van der Waals surface area contributed by atoms with Crippen LogP contribution in [0.4, 0.5) is 17.3 Å². The van der Waals surface area contributed by atoms with Gasteiger partial charge in [-0.05, 0) is 49.9 Å². The van der Waals surface area contributed by atoms with Gasteiger partial charge in [0.25, 0.3) is 0 Å². The van der Waals surface area contributed by atoms with Gasteiger partial charge >= 0.3 is 0 Å². The van der Waals surface area contributed by atoms with Gasteiger partial charge in [0.15, 0.2) is 0 Å². The minimum absolute atomic E-state index is 0.650. The monoisotopic (exact) mass is 307 g/mol. The highest BCUT2D eigenvalue weighted by Crippen LogP contribution is 2.24. The summed E-state index contributed by atoms with van der Waals surface area (Å²) in [5, 5.41) is 12.2. The van der Waals surface area contributed by atoms with Crippen LogP contribution in [0.2, 0.25) is 0 Å². The molecule has 23 heavy (non-hydrogen) atoms. The number of rotatable bonds is 3. The first-order chi connectivity index (χ1) is 11.1. The molecule has 1 aliphatic rings. The molecule has 118 valence electrons. The van der Waals surface area contributed by atoms with Crippen molar-refractivity contribution in [2.45, 2.75) is 26.7 Å². The van der Waals surface area contributed by atoms with E-state index in [0.717, 1.165) is 36.2 Å². The summed E-state index contributed by atoms with van der Waals surface area (Å²) < 4.78 is 0. The number of hydrogen-bond donors (Lipinski definition) is 1. The third-order valence-corrected chi connectivity index (χ3v) is 4.09. The second-order valence-electron chi connectivity index (χ2n) is 6.17. The maximum atomic E-state index is 8.86. The maximum Gasteiger partial charge on any atom is 0.136 e. The summed E-state index contributed by atoms with van der Waals surface area (Å²) in [6.07, 6.45) is 2.50. The zero-order valence-electron chi connectivity index (χ0n) is 13.6. The van der Waals surface area contributed by atoms with Crippen LogP contribution in [0.3, 0.4) is 0 Å². The Labute approximate surface area is 137 Å². The first-order valence-electron chi connectivity index (χ1n) is 8.02. The Balaban J connectivity index is 1.80. The fraction of sp³-hybridized carbons (Fsp3) is 0.389. The summed E-state index contributed by atoms with van der Waals surface area (Å²) in [7, 11) is 0. The van der Waals surface area contributed by atoms with E-state index in [4.69, 9.17) is 5.26 Å². The molecule has 3 rings (SSSR count). The normalized spacial score (nSPS) is 17.6. The molecule has 2 aromatic rings. The Morgan fingerprint density at radius 3 is 2.74 bits per heavy atom. The minimum Gasteiger partial charge on any atom is -0.356 e. The Morgan fingerprint density at radius 1 is 1.26 bits per heavy atom. The molecule has 1 N–H and O–H groups in total. The van der Waals surface area contributed by atoms with E-state index in [-0.39, 0.29) is 0 Å². The fourth-order valence-electron chi connectivity index (χ4n) is 2.95. The molecular formula is C18H21N5. The van der Waals surface area contributed by atoms with Crippen molar-refractivity contribution in [1.29, 1.82) is 5.26 Å². The lowest BCUT2D eigenvalue weighted by Crippen LogP contribution is -2.35. The van der Waals surface area contributed by atoms with Crippen LogP contribution in [0.25, 0.3) is 0 Å². The number of aromatic nitrogens is 2. The lowest BCUT2D eigenvalue weighted by Gasteiger charge is -2.32. The molecule has 1 fully saturated rings. The van der Waals surface area contributed by atoms with E-state index in [0.29, 0.717) is 11.5 Å². The third-order valence-electron chi connectivity index (χ3n) is 4.09. The van der Waals surface area contributed by atoms with Gasteiger partial charge in [-0.1, -0.05) is 6.92 Å². The number of benzene rings is 1.